The number of hydrogen-bond acceptors (Lipinski definition) is 3. The minimum atomic E-state index is -0.222. The van der Waals surface area contributed by atoms with Crippen LogP contribution < -0.4 is 10.8 Å². The second-order valence-electron chi connectivity index (χ2n) is 4.14. The average molecular weight is 236 g/mol. The highest BCUT2D eigenvalue weighted by atomic mass is 16.6. The molecule has 0 aliphatic heterocycles. The summed E-state index contributed by atoms with van der Waals surface area (Å²) in [5.74, 6) is -0.222. The molecule has 0 unspecified atom stereocenters. The van der Waals surface area contributed by atoms with E-state index >= 15 is 0 Å². The molecule has 0 aliphatic rings. The van der Waals surface area contributed by atoms with Gasteiger partial charge in [-0.15, -0.1) is 0 Å². The van der Waals surface area contributed by atoms with Gasteiger partial charge >= 0.3 is 0 Å². The third-order valence-electron chi connectivity index (χ3n) is 3.36. The lowest BCUT2D eigenvalue weighted by molar-refractivity contribution is 0.0537. The van der Waals surface area contributed by atoms with E-state index in [9.17, 15) is 4.79 Å². The van der Waals surface area contributed by atoms with Crippen LogP contribution in [0.15, 0.2) is 0 Å². The summed E-state index contributed by atoms with van der Waals surface area (Å²) in [6.07, 6.45) is 0. The molecule has 17 heavy (non-hydrogen) atoms. The van der Waals surface area contributed by atoms with E-state index in [-0.39, 0.29) is 5.91 Å². The van der Waals surface area contributed by atoms with Gasteiger partial charge < -0.3 is 5.32 Å². The Labute approximate surface area is 102 Å². The quantitative estimate of drug-likeness (QED) is 0.791. The molecule has 1 aromatic rings. The highest BCUT2D eigenvalue weighted by Crippen LogP contribution is 2.30. The minimum absolute atomic E-state index is 0.222. The molecule has 0 bridgehead atoms. The first kappa shape index (κ1) is 13.5. The van der Waals surface area contributed by atoms with Gasteiger partial charge in [-0.3, -0.25) is 9.63 Å². The molecule has 0 radical (unpaired) electrons. The van der Waals surface area contributed by atoms with Gasteiger partial charge in [0.15, 0.2) is 0 Å². The largest absolute Gasteiger partial charge is 0.387 e. The van der Waals surface area contributed by atoms with Gasteiger partial charge in [0.25, 0.3) is 5.91 Å². The molecule has 0 aliphatic carbocycles. The number of hydroxylamine groups is 1. The fourth-order valence-electron chi connectivity index (χ4n) is 2.05. The summed E-state index contributed by atoms with van der Waals surface area (Å²) in [7, 11) is 3.25. The molecule has 0 atom stereocenters. The lowest BCUT2D eigenvalue weighted by Crippen LogP contribution is -2.25. The Bertz CT molecular complexity index is 453. The zero-order valence-electron chi connectivity index (χ0n) is 11.3. The van der Waals surface area contributed by atoms with E-state index in [1.54, 1.807) is 0 Å². The summed E-state index contributed by atoms with van der Waals surface area (Å²) in [5, 5.41) is 3.10. The number of amides is 1. The van der Waals surface area contributed by atoms with E-state index < -0.39 is 0 Å². The summed E-state index contributed by atoms with van der Waals surface area (Å²) in [4.78, 5) is 16.7. The molecule has 1 amide bonds. The lowest BCUT2D eigenvalue weighted by Gasteiger charge is -2.19. The normalized spacial score (nSPS) is 10.2. The van der Waals surface area contributed by atoms with Crippen molar-refractivity contribution in [3.05, 3.63) is 27.8 Å². The molecular weight excluding hydrogens is 216 g/mol. The molecule has 0 fully saturated rings. The van der Waals surface area contributed by atoms with Crippen molar-refractivity contribution in [3.8, 4) is 0 Å². The first-order valence-corrected chi connectivity index (χ1v) is 5.57. The van der Waals surface area contributed by atoms with Crippen molar-refractivity contribution in [2.24, 2.45) is 0 Å². The standard InChI is InChI=1S/C13H20N2O2/c1-7-8(2)10(4)12(14-5)11(9(7)3)13(16)15-17-6/h14H,1-6H3,(H,15,16). The molecule has 0 saturated carbocycles. The average Bonchev–Trinajstić information content (AvgIpc) is 2.31. The van der Waals surface area contributed by atoms with E-state index in [1.165, 1.54) is 12.7 Å². The fourth-order valence-corrected chi connectivity index (χ4v) is 2.05. The number of anilines is 1. The zero-order valence-corrected chi connectivity index (χ0v) is 11.3. The first-order valence-electron chi connectivity index (χ1n) is 5.57. The van der Waals surface area contributed by atoms with Crippen LogP contribution in [-0.4, -0.2) is 20.1 Å². The highest BCUT2D eigenvalue weighted by molar-refractivity contribution is 6.01. The molecule has 0 aromatic heterocycles. The summed E-state index contributed by atoms with van der Waals surface area (Å²) in [5.41, 5.74) is 8.31. The minimum Gasteiger partial charge on any atom is -0.387 e. The van der Waals surface area contributed by atoms with Crippen molar-refractivity contribution in [2.45, 2.75) is 27.7 Å². The van der Waals surface area contributed by atoms with Gasteiger partial charge in [-0.25, -0.2) is 5.48 Å². The zero-order chi connectivity index (χ0) is 13.2. The molecule has 1 rings (SSSR count). The Morgan fingerprint density at radius 2 is 1.53 bits per heavy atom. The second-order valence-corrected chi connectivity index (χ2v) is 4.14. The van der Waals surface area contributed by atoms with Crippen LogP contribution in [0.1, 0.15) is 32.6 Å². The molecule has 0 saturated heterocycles. The van der Waals surface area contributed by atoms with E-state index in [4.69, 9.17) is 4.84 Å². The van der Waals surface area contributed by atoms with Crippen LogP contribution in [0.25, 0.3) is 0 Å². The third-order valence-corrected chi connectivity index (χ3v) is 3.36. The predicted octanol–water partition coefficient (Wildman–Crippen LogP) is 2.25. The Morgan fingerprint density at radius 1 is 1.00 bits per heavy atom. The van der Waals surface area contributed by atoms with Crippen LogP contribution in [0.2, 0.25) is 0 Å². The van der Waals surface area contributed by atoms with Gasteiger partial charge in [-0.1, -0.05) is 0 Å². The van der Waals surface area contributed by atoms with Gasteiger partial charge in [0.1, 0.15) is 0 Å². The monoisotopic (exact) mass is 236 g/mol. The summed E-state index contributed by atoms with van der Waals surface area (Å²) in [6.45, 7) is 8.06. The molecule has 0 heterocycles. The van der Waals surface area contributed by atoms with Crippen molar-refractivity contribution in [3.63, 3.8) is 0 Å². The lowest BCUT2D eigenvalue weighted by atomic mass is 9.92. The Kier molecular flexibility index (Phi) is 4.12. The Morgan fingerprint density at radius 3 is 2.00 bits per heavy atom. The number of carbonyl (C=O) groups is 1. The van der Waals surface area contributed by atoms with Gasteiger partial charge in [0.2, 0.25) is 0 Å². The molecule has 4 heteroatoms. The van der Waals surface area contributed by atoms with Gasteiger partial charge in [0, 0.05) is 7.05 Å². The maximum atomic E-state index is 12.0. The smallest absolute Gasteiger partial charge is 0.277 e. The van der Waals surface area contributed by atoms with Crippen molar-refractivity contribution in [1.82, 2.24) is 5.48 Å². The Hall–Kier alpha value is -1.55. The maximum Gasteiger partial charge on any atom is 0.277 e. The van der Waals surface area contributed by atoms with E-state index in [0.717, 1.165) is 22.4 Å². The molecule has 0 spiro atoms. The topological polar surface area (TPSA) is 50.4 Å². The van der Waals surface area contributed by atoms with Gasteiger partial charge in [-0.2, -0.15) is 0 Å². The summed E-state index contributed by atoms with van der Waals surface area (Å²) < 4.78 is 0. The number of nitrogens with one attached hydrogen (secondary N) is 2. The summed E-state index contributed by atoms with van der Waals surface area (Å²) in [6, 6.07) is 0. The van der Waals surface area contributed by atoms with Crippen LogP contribution in [0.5, 0.6) is 0 Å². The van der Waals surface area contributed by atoms with Crippen molar-refractivity contribution in [1.29, 1.82) is 0 Å². The number of carbonyl (C=O) groups excluding carboxylic acids is 1. The SMILES string of the molecule is CNc1c(C)c(C)c(C)c(C)c1C(=O)NOC. The molecular formula is C13H20N2O2. The number of hydrogen-bond donors (Lipinski definition) is 2. The predicted molar refractivity (Wildman–Crippen MR) is 69.4 cm³/mol. The van der Waals surface area contributed by atoms with E-state index in [1.807, 2.05) is 27.8 Å². The maximum absolute atomic E-state index is 12.0. The van der Waals surface area contributed by atoms with Crippen LogP contribution in [0.3, 0.4) is 0 Å². The number of rotatable bonds is 3. The van der Waals surface area contributed by atoms with E-state index in [2.05, 4.69) is 17.7 Å². The molecule has 1 aromatic carbocycles. The van der Waals surface area contributed by atoms with E-state index in [0.29, 0.717) is 5.56 Å². The molecule has 94 valence electrons. The van der Waals surface area contributed by atoms with Gasteiger partial charge in [0.05, 0.1) is 18.4 Å². The van der Waals surface area contributed by atoms with Crippen LogP contribution in [0.4, 0.5) is 5.69 Å². The fraction of sp³-hybridized carbons (Fsp3) is 0.462. The van der Waals surface area contributed by atoms with Crippen LogP contribution in [0, 0.1) is 27.7 Å². The van der Waals surface area contributed by atoms with Crippen LogP contribution in [-0.2, 0) is 4.84 Å². The first-order chi connectivity index (χ1) is 7.95. The molecule has 2 N–H and O–H groups in total. The Balaban J connectivity index is 3.52. The summed E-state index contributed by atoms with van der Waals surface area (Å²) >= 11 is 0. The number of benzene rings is 1. The van der Waals surface area contributed by atoms with Crippen LogP contribution >= 0.6 is 0 Å². The van der Waals surface area contributed by atoms with Crippen molar-refractivity contribution in [2.75, 3.05) is 19.5 Å². The third kappa shape index (κ3) is 2.26. The molecule has 4 nitrogen and oxygen atoms in total. The van der Waals surface area contributed by atoms with Gasteiger partial charge in [-0.05, 0) is 49.9 Å². The second kappa shape index (κ2) is 5.19. The highest BCUT2D eigenvalue weighted by Gasteiger charge is 2.19. The van der Waals surface area contributed by atoms with Crippen molar-refractivity contribution >= 4 is 11.6 Å². The van der Waals surface area contributed by atoms with Crippen molar-refractivity contribution < 1.29 is 9.63 Å².